The highest BCUT2D eigenvalue weighted by atomic mass is 15.3. The van der Waals surface area contributed by atoms with E-state index in [-0.39, 0.29) is 0 Å². The fraction of sp³-hybridized carbons (Fsp3) is 0.107. The molecular weight excluding hydrogens is 729 g/mol. The van der Waals surface area contributed by atoms with Gasteiger partial charge in [-0.05, 0) is 144 Å². The third kappa shape index (κ3) is 5.51. The predicted octanol–water partition coefficient (Wildman–Crippen LogP) is 15.7. The Morgan fingerprint density at radius 1 is 0.283 bits per heavy atom. The summed E-state index contributed by atoms with van der Waals surface area (Å²) in [4.78, 5) is 9.51. The molecule has 0 saturated heterocycles. The van der Waals surface area contributed by atoms with E-state index in [9.17, 15) is 0 Å². The Labute approximate surface area is 352 Å². The van der Waals surface area contributed by atoms with Gasteiger partial charge in [-0.1, -0.05) is 119 Å². The second-order valence-corrected chi connectivity index (χ2v) is 16.7. The summed E-state index contributed by atoms with van der Waals surface area (Å²) in [6.07, 6.45) is 0. The van der Waals surface area contributed by atoms with Gasteiger partial charge in [0.1, 0.15) is 0 Å². The fourth-order valence-electron chi connectivity index (χ4n) is 10.2. The molecule has 0 radical (unpaired) electrons. The predicted molar refractivity (Wildman–Crippen MR) is 257 cm³/mol. The maximum absolute atomic E-state index is 2.45. The third-order valence-corrected chi connectivity index (χ3v) is 12.6. The molecule has 11 rings (SSSR count). The summed E-state index contributed by atoms with van der Waals surface area (Å²) in [7, 11) is 4.34. The smallest absolute Gasteiger partial charge is 0.0699 e. The van der Waals surface area contributed by atoms with Gasteiger partial charge < -0.3 is 19.6 Å². The molecule has 0 aliphatic carbocycles. The van der Waals surface area contributed by atoms with Gasteiger partial charge in [-0.2, -0.15) is 0 Å². The highest BCUT2D eigenvalue weighted by Crippen LogP contribution is 2.55. The summed E-state index contributed by atoms with van der Waals surface area (Å²) in [5, 5.41) is 4.93. The molecular formula is C56H46N4. The molecule has 290 valence electrons. The van der Waals surface area contributed by atoms with E-state index in [0.717, 1.165) is 11.4 Å². The van der Waals surface area contributed by atoms with Gasteiger partial charge in [-0.3, -0.25) is 0 Å². The molecule has 0 saturated carbocycles. The molecule has 2 aliphatic heterocycles. The van der Waals surface area contributed by atoms with Crippen molar-refractivity contribution in [2.24, 2.45) is 0 Å². The Morgan fingerprint density at radius 2 is 0.567 bits per heavy atom. The molecule has 0 fully saturated rings. The van der Waals surface area contributed by atoms with Crippen LogP contribution in [0.25, 0.3) is 43.8 Å². The Morgan fingerprint density at radius 3 is 0.867 bits per heavy atom. The lowest BCUT2D eigenvalue weighted by Crippen LogP contribution is -2.24. The summed E-state index contributed by atoms with van der Waals surface area (Å²) in [6, 6.07) is 63.4. The first-order valence-corrected chi connectivity index (χ1v) is 20.9. The molecule has 0 unspecified atom stereocenters. The maximum atomic E-state index is 2.45. The number of nitrogens with zero attached hydrogens (tertiary/aromatic N) is 4. The summed E-state index contributed by atoms with van der Waals surface area (Å²) in [5.41, 5.74) is 21.6. The Hall–Kier alpha value is -7.30. The normalized spacial score (nSPS) is 13.0. The fourth-order valence-corrected chi connectivity index (χ4v) is 10.2. The molecule has 0 aromatic heterocycles. The van der Waals surface area contributed by atoms with Crippen molar-refractivity contribution in [3.8, 4) is 22.3 Å². The molecule has 4 nitrogen and oxygen atoms in total. The van der Waals surface area contributed by atoms with Gasteiger partial charge in [-0.15, -0.1) is 0 Å². The summed E-state index contributed by atoms with van der Waals surface area (Å²) >= 11 is 0. The van der Waals surface area contributed by atoms with E-state index in [1.807, 2.05) is 0 Å². The number of rotatable bonds is 4. The van der Waals surface area contributed by atoms with Crippen LogP contribution >= 0.6 is 0 Å². The van der Waals surface area contributed by atoms with Crippen molar-refractivity contribution in [1.29, 1.82) is 0 Å². The van der Waals surface area contributed by atoms with Crippen molar-refractivity contribution >= 4 is 78.4 Å². The van der Waals surface area contributed by atoms with Crippen molar-refractivity contribution in [3.05, 3.63) is 192 Å². The van der Waals surface area contributed by atoms with E-state index < -0.39 is 0 Å². The van der Waals surface area contributed by atoms with Crippen LogP contribution in [0.5, 0.6) is 0 Å². The number of hydrogen-bond acceptors (Lipinski definition) is 4. The quantitative estimate of drug-likeness (QED) is 0.165. The Kier molecular flexibility index (Phi) is 8.15. The van der Waals surface area contributed by atoms with Crippen molar-refractivity contribution in [1.82, 2.24) is 0 Å². The van der Waals surface area contributed by atoms with Gasteiger partial charge in [0.25, 0.3) is 0 Å². The van der Waals surface area contributed by atoms with E-state index >= 15 is 0 Å². The van der Waals surface area contributed by atoms with E-state index in [0.29, 0.717) is 0 Å². The number of benzene rings is 9. The van der Waals surface area contributed by atoms with Crippen LogP contribution in [0.4, 0.5) is 56.9 Å². The Balaban J connectivity index is 1.26. The van der Waals surface area contributed by atoms with Gasteiger partial charge in [-0.25, -0.2) is 0 Å². The minimum Gasteiger partial charge on any atom is -0.341 e. The lowest BCUT2D eigenvalue weighted by atomic mass is 9.84. The highest BCUT2D eigenvalue weighted by Gasteiger charge is 2.30. The van der Waals surface area contributed by atoms with Crippen molar-refractivity contribution in [3.63, 3.8) is 0 Å². The molecule has 2 heterocycles. The SMILES string of the molecule is Cc1cc(C)cc(-c2c3ccc(N4c5ccccc5N(C)c5ccccc54)cc3c(-c3cc(C)cc(C)c3)c3ccc(N4c5ccccc5N(C)c5ccccc54)cc23)c1. The standard InChI is InChI=1S/C56H46N4/c1-35-27-36(2)30-39(29-35)55-43-25-23-42(60-53-21-13-9-17-49(53)58(6)50-18-10-14-22-54(50)60)34-46(43)56(40-31-37(3)28-38(4)32-40)44-26-24-41(33-45(44)55)59-51-19-11-7-15-47(51)57(5)48-16-8-12-20-52(48)59/h7-34H,1-6H3. The summed E-state index contributed by atoms with van der Waals surface area (Å²) in [6.45, 7) is 8.87. The topological polar surface area (TPSA) is 13.0 Å². The number of fused-ring (bicyclic) bond motifs is 6. The van der Waals surface area contributed by atoms with E-state index in [1.165, 1.54) is 112 Å². The third-order valence-electron chi connectivity index (χ3n) is 12.6. The average Bonchev–Trinajstić information content (AvgIpc) is 3.25. The molecule has 0 spiro atoms. The molecule has 9 aromatic rings. The van der Waals surface area contributed by atoms with Crippen molar-refractivity contribution in [2.45, 2.75) is 27.7 Å². The minimum absolute atomic E-state index is 1.13. The van der Waals surface area contributed by atoms with Crippen molar-refractivity contribution in [2.75, 3.05) is 33.7 Å². The van der Waals surface area contributed by atoms with Crippen LogP contribution < -0.4 is 19.6 Å². The lowest BCUT2D eigenvalue weighted by molar-refractivity contribution is 1.13. The number of anilines is 10. The van der Waals surface area contributed by atoms with Gasteiger partial charge in [0.15, 0.2) is 0 Å². The van der Waals surface area contributed by atoms with Gasteiger partial charge in [0, 0.05) is 25.5 Å². The largest absolute Gasteiger partial charge is 0.341 e. The Bertz CT molecular complexity index is 2860. The lowest BCUT2D eigenvalue weighted by Gasteiger charge is -2.39. The second-order valence-electron chi connectivity index (χ2n) is 16.7. The summed E-state index contributed by atoms with van der Waals surface area (Å²) in [5.74, 6) is 0. The highest BCUT2D eigenvalue weighted by molar-refractivity contribution is 6.23. The van der Waals surface area contributed by atoms with Crippen LogP contribution in [0.3, 0.4) is 0 Å². The van der Waals surface area contributed by atoms with Crippen LogP contribution in [0.1, 0.15) is 22.3 Å². The first-order chi connectivity index (χ1) is 29.2. The van der Waals surface area contributed by atoms with Gasteiger partial charge in [0.05, 0.1) is 45.5 Å². The molecule has 0 atom stereocenters. The zero-order chi connectivity index (χ0) is 40.8. The van der Waals surface area contributed by atoms with E-state index in [4.69, 9.17) is 0 Å². The van der Waals surface area contributed by atoms with Gasteiger partial charge in [0.2, 0.25) is 0 Å². The van der Waals surface area contributed by atoms with E-state index in [1.54, 1.807) is 0 Å². The first-order valence-electron chi connectivity index (χ1n) is 20.9. The van der Waals surface area contributed by atoms with Crippen LogP contribution in [-0.4, -0.2) is 14.1 Å². The molecule has 60 heavy (non-hydrogen) atoms. The van der Waals surface area contributed by atoms with Crippen LogP contribution in [0, 0.1) is 27.7 Å². The second kappa shape index (κ2) is 13.6. The average molecular weight is 775 g/mol. The maximum Gasteiger partial charge on any atom is 0.0699 e. The van der Waals surface area contributed by atoms with E-state index in [2.05, 4.69) is 231 Å². The molecule has 0 amide bonds. The monoisotopic (exact) mass is 774 g/mol. The minimum atomic E-state index is 1.13. The van der Waals surface area contributed by atoms with Crippen LogP contribution in [-0.2, 0) is 0 Å². The molecule has 0 N–H and O–H groups in total. The summed E-state index contributed by atoms with van der Waals surface area (Å²) < 4.78 is 0. The molecule has 2 aliphatic rings. The van der Waals surface area contributed by atoms with Crippen molar-refractivity contribution < 1.29 is 0 Å². The number of aryl methyl sites for hydroxylation is 4. The van der Waals surface area contributed by atoms with Crippen LogP contribution in [0.2, 0.25) is 0 Å². The van der Waals surface area contributed by atoms with Crippen LogP contribution in [0.15, 0.2) is 170 Å². The molecule has 0 bridgehead atoms. The number of para-hydroxylation sites is 8. The zero-order valence-corrected chi connectivity index (χ0v) is 35.0. The zero-order valence-electron chi connectivity index (χ0n) is 35.0. The first kappa shape index (κ1) is 35.8. The molecule has 9 aromatic carbocycles. The van der Waals surface area contributed by atoms with Gasteiger partial charge >= 0.3 is 0 Å². The number of hydrogen-bond donors (Lipinski definition) is 0. The molecule has 4 heteroatoms.